The zero-order valence-electron chi connectivity index (χ0n) is 6.99. The van der Waals surface area contributed by atoms with Gasteiger partial charge in [-0.05, 0) is 19.8 Å². The molecule has 1 fully saturated rings. The van der Waals surface area contributed by atoms with Gasteiger partial charge in [-0.1, -0.05) is 0 Å². The SMILES string of the molecule is CC(C(=O)O)C1CCCN1[C]=O. The van der Waals surface area contributed by atoms with Crippen molar-refractivity contribution in [3.05, 3.63) is 0 Å². The molecule has 1 rings (SSSR count). The van der Waals surface area contributed by atoms with Gasteiger partial charge in [-0.3, -0.25) is 9.59 Å². The van der Waals surface area contributed by atoms with E-state index in [2.05, 4.69) is 0 Å². The molecule has 0 bridgehead atoms. The molecular formula is C8H12NO3. The third-order valence-electron chi connectivity index (χ3n) is 2.38. The second-order valence-electron chi connectivity index (χ2n) is 3.12. The number of carbonyl (C=O) groups is 1. The topological polar surface area (TPSA) is 57.6 Å². The Morgan fingerprint density at radius 3 is 2.92 bits per heavy atom. The van der Waals surface area contributed by atoms with Crippen molar-refractivity contribution in [1.82, 2.24) is 4.90 Å². The van der Waals surface area contributed by atoms with Gasteiger partial charge in [0.2, 0.25) is 0 Å². The Morgan fingerprint density at radius 2 is 2.42 bits per heavy atom. The van der Waals surface area contributed by atoms with Gasteiger partial charge >= 0.3 is 12.4 Å². The molecule has 0 aromatic carbocycles. The molecule has 4 nitrogen and oxygen atoms in total. The van der Waals surface area contributed by atoms with Crippen LogP contribution in [-0.4, -0.2) is 35.0 Å². The molecule has 1 radical (unpaired) electrons. The number of likely N-dealkylation sites (tertiary alicyclic amines) is 1. The normalized spacial score (nSPS) is 25.4. The fraction of sp³-hybridized carbons (Fsp3) is 0.750. The lowest BCUT2D eigenvalue weighted by molar-refractivity contribution is -0.142. The largest absolute Gasteiger partial charge is 0.481 e. The minimum absolute atomic E-state index is 0.153. The molecule has 1 saturated heterocycles. The van der Waals surface area contributed by atoms with Gasteiger partial charge in [0.25, 0.3) is 0 Å². The highest BCUT2D eigenvalue weighted by Gasteiger charge is 2.32. The Hall–Kier alpha value is -1.06. The lowest BCUT2D eigenvalue weighted by Crippen LogP contribution is -2.36. The first-order valence-corrected chi connectivity index (χ1v) is 4.04. The predicted molar refractivity (Wildman–Crippen MR) is 42.2 cm³/mol. The lowest BCUT2D eigenvalue weighted by atomic mass is 10.0. The van der Waals surface area contributed by atoms with Gasteiger partial charge in [-0.2, -0.15) is 0 Å². The molecule has 2 atom stereocenters. The van der Waals surface area contributed by atoms with Crippen molar-refractivity contribution in [2.75, 3.05) is 6.54 Å². The van der Waals surface area contributed by atoms with E-state index in [0.29, 0.717) is 6.54 Å². The average Bonchev–Trinajstić information content (AvgIpc) is 2.49. The van der Waals surface area contributed by atoms with E-state index in [1.807, 2.05) is 0 Å². The second kappa shape index (κ2) is 3.56. The van der Waals surface area contributed by atoms with Crippen LogP contribution in [0.1, 0.15) is 19.8 Å². The van der Waals surface area contributed by atoms with Gasteiger partial charge < -0.3 is 10.0 Å². The van der Waals surface area contributed by atoms with Crippen molar-refractivity contribution in [2.24, 2.45) is 5.92 Å². The summed E-state index contributed by atoms with van der Waals surface area (Å²) in [5.74, 6) is -1.32. The van der Waals surface area contributed by atoms with Crippen LogP contribution in [0.2, 0.25) is 0 Å². The summed E-state index contributed by atoms with van der Waals surface area (Å²) in [5, 5.41) is 8.70. The highest BCUT2D eigenvalue weighted by Crippen LogP contribution is 2.22. The highest BCUT2D eigenvalue weighted by atomic mass is 16.4. The third-order valence-corrected chi connectivity index (χ3v) is 2.38. The molecule has 0 saturated carbocycles. The van der Waals surface area contributed by atoms with Gasteiger partial charge in [0.05, 0.1) is 5.92 Å². The minimum atomic E-state index is -0.845. The number of nitrogens with zero attached hydrogens (tertiary/aromatic N) is 1. The summed E-state index contributed by atoms with van der Waals surface area (Å²) < 4.78 is 0. The van der Waals surface area contributed by atoms with Gasteiger partial charge in [0, 0.05) is 12.6 Å². The lowest BCUT2D eigenvalue weighted by Gasteiger charge is -2.22. The van der Waals surface area contributed by atoms with Gasteiger partial charge in [0.15, 0.2) is 0 Å². The maximum atomic E-state index is 10.6. The monoisotopic (exact) mass is 170 g/mol. The van der Waals surface area contributed by atoms with Crippen molar-refractivity contribution in [2.45, 2.75) is 25.8 Å². The number of carboxylic acid groups (broad SMARTS) is 1. The molecule has 0 spiro atoms. The van der Waals surface area contributed by atoms with E-state index in [1.165, 1.54) is 4.90 Å². The molecule has 4 heteroatoms. The summed E-state index contributed by atoms with van der Waals surface area (Å²) in [6.07, 6.45) is 3.44. The summed E-state index contributed by atoms with van der Waals surface area (Å²) in [6, 6.07) is -0.153. The first-order valence-electron chi connectivity index (χ1n) is 4.04. The smallest absolute Gasteiger partial charge is 0.312 e. The molecular weight excluding hydrogens is 158 g/mol. The zero-order chi connectivity index (χ0) is 9.14. The standard InChI is InChI=1S/C8H12NO3/c1-6(8(11)12)7-3-2-4-9(7)5-10/h6-7H,2-4H2,1H3,(H,11,12). The van der Waals surface area contributed by atoms with E-state index in [1.54, 1.807) is 13.3 Å². The summed E-state index contributed by atoms with van der Waals surface area (Å²) >= 11 is 0. The number of aliphatic carboxylic acids is 1. The summed E-state index contributed by atoms with van der Waals surface area (Å²) in [7, 11) is 0. The third kappa shape index (κ3) is 1.57. The molecule has 1 N–H and O–H groups in total. The van der Waals surface area contributed by atoms with Crippen molar-refractivity contribution in [3.8, 4) is 0 Å². The van der Waals surface area contributed by atoms with Crippen LogP contribution in [0.3, 0.4) is 0 Å². The van der Waals surface area contributed by atoms with Crippen LogP contribution in [0.25, 0.3) is 0 Å². The van der Waals surface area contributed by atoms with Crippen LogP contribution >= 0.6 is 0 Å². The Balaban J connectivity index is 2.60. The number of hydrogen-bond acceptors (Lipinski definition) is 2. The molecule has 1 aliphatic heterocycles. The highest BCUT2D eigenvalue weighted by molar-refractivity contribution is 5.71. The van der Waals surface area contributed by atoms with Crippen LogP contribution in [0.5, 0.6) is 0 Å². The van der Waals surface area contributed by atoms with E-state index in [4.69, 9.17) is 5.11 Å². The quantitative estimate of drug-likeness (QED) is 0.660. The fourth-order valence-corrected chi connectivity index (χ4v) is 1.59. The summed E-state index contributed by atoms with van der Waals surface area (Å²) in [5.41, 5.74) is 0. The fourth-order valence-electron chi connectivity index (χ4n) is 1.59. The number of amides is 1. The van der Waals surface area contributed by atoms with Crippen LogP contribution in [0.4, 0.5) is 0 Å². The molecule has 67 valence electrons. The van der Waals surface area contributed by atoms with E-state index >= 15 is 0 Å². The number of carbonyl (C=O) groups excluding carboxylic acids is 1. The van der Waals surface area contributed by atoms with Crippen LogP contribution < -0.4 is 0 Å². The van der Waals surface area contributed by atoms with E-state index in [-0.39, 0.29) is 6.04 Å². The molecule has 0 aliphatic carbocycles. The van der Waals surface area contributed by atoms with Crippen molar-refractivity contribution in [1.29, 1.82) is 0 Å². The van der Waals surface area contributed by atoms with Gasteiger partial charge in [-0.15, -0.1) is 0 Å². The Labute approximate surface area is 71.2 Å². The molecule has 1 aliphatic rings. The number of rotatable bonds is 3. The minimum Gasteiger partial charge on any atom is -0.481 e. The Kier molecular flexibility index (Phi) is 2.68. The Morgan fingerprint density at radius 1 is 1.75 bits per heavy atom. The molecule has 0 aromatic rings. The maximum absolute atomic E-state index is 10.6. The van der Waals surface area contributed by atoms with Crippen molar-refractivity contribution in [3.63, 3.8) is 0 Å². The molecule has 1 amide bonds. The maximum Gasteiger partial charge on any atom is 0.312 e. The summed E-state index contributed by atoms with van der Waals surface area (Å²) in [4.78, 5) is 22.4. The first kappa shape index (κ1) is 9.03. The van der Waals surface area contributed by atoms with Crippen LogP contribution in [0, 0.1) is 5.92 Å². The predicted octanol–water partition coefficient (Wildman–Crippen LogP) is 0.239. The van der Waals surface area contributed by atoms with Gasteiger partial charge in [-0.25, -0.2) is 0 Å². The molecule has 12 heavy (non-hydrogen) atoms. The van der Waals surface area contributed by atoms with E-state index in [9.17, 15) is 9.59 Å². The van der Waals surface area contributed by atoms with Crippen molar-refractivity contribution < 1.29 is 14.7 Å². The van der Waals surface area contributed by atoms with Gasteiger partial charge in [0.1, 0.15) is 0 Å². The average molecular weight is 170 g/mol. The first-order chi connectivity index (χ1) is 5.66. The number of hydrogen-bond donors (Lipinski definition) is 1. The molecule has 1 heterocycles. The zero-order valence-corrected chi connectivity index (χ0v) is 6.99. The van der Waals surface area contributed by atoms with E-state index in [0.717, 1.165) is 12.8 Å². The molecule has 2 unspecified atom stereocenters. The van der Waals surface area contributed by atoms with E-state index < -0.39 is 11.9 Å². The van der Waals surface area contributed by atoms with Crippen LogP contribution in [0.15, 0.2) is 0 Å². The second-order valence-corrected chi connectivity index (χ2v) is 3.12. The number of carboxylic acids is 1. The van der Waals surface area contributed by atoms with Crippen molar-refractivity contribution >= 4 is 12.4 Å². The Bertz CT molecular complexity index is 193. The van der Waals surface area contributed by atoms with Crippen LogP contribution in [-0.2, 0) is 9.59 Å². The molecule has 0 aromatic heterocycles. The summed E-state index contributed by atoms with van der Waals surface area (Å²) in [6.45, 7) is 2.27.